The fourth-order valence-corrected chi connectivity index (χ4v) is 4.81. The number of nitrogens with zero attached hydrogens (tertiary/aromatic N) is 1. The summed E-state index contributed by atoms with van der Waals surface area (Å²) in [5.41, 5.74) is 7.66. The topological polar surface area (TPSA) is 75.4 Å². The van der Waals surface area contributed by atoms with E-state index in [1.54, 1.807) is 23.9 Å². The molecule has 0 saturated heterocycles. The molecule has 0 saturated carbocycles. The predicted octanol–water partition coefficient (Wildman–Crippen LogP) is 4.01. The van der Waals surface area contributed by atoms with E-state index < -0.39 is 5.91 Å². The molecule has 0 radical (unpaired) electrons. The van der Waals surface area contributed by atoms with Gasteiger partial charge in [0.15, 0.2) is 0 Å². The highest BCUT2D eigenvalue weighted by atomic mass is 35.5. The van der Waals surface area contributed by atoms with Gasteiger partial charge < -0.3 is 11.1 Å². The Morgan fingerprint density at radius 1 is 1.26 bits per heavy atom. The van der Waals surface area contributed by atoms with Gasteiger partial charge in [0, 0.05) is 34.5 Å². The van der Waals surface area contributed by atoms with E-state index >= 15 is 0 Å². The number of hydrogen-bond donors (Lipinski definition) is 2. The molecule has 0 aliphatic carbocycles. The maximum Gasteiger partial charge on any atom is 0.256 e. The minimum absolute atomic E-state index is 0. The fourth-order valence-electron chi connectivity index (χ4n) is 3.13. The van der Waals surface area contributed by atoms with Crippen molar-refractivity contribution in [2.24, 2.45) is 5.73 Å². The van der Waals surface area contributed by atoms with Gasteiger partial charge >= 0.3 is 0 Å². The molecule has 5 nitrogen and oxygen atoms in total. The van der Waals surface area contributed by atoms with Crippen molar-refractivity contribution in [2.45, 2.75) is 37.8 Å². The number of hydrogen-bond acceptors (Lipinski definition) is 5. The van der Waals surface area contributed by atoms with Crippen LogP contribution >= 0.6 is 35.5 Å². The Labute approximate surface area is 174 Å². The number of fused-ring (bicyclic) bond motifs is 1. The monoisotopic (exact) mass is 425 g/mol. The average Bonchev–Trinajstić information content (AvgIpc) is 2.98. The van der Waals surface area contributed by atoms with Gasteiger partial charge in [-0.15, -0.1) is 35.5 Å². The predicted molar refractivity (Wildman–Crippen MR) is 116 cm³/mol. The third-order valence-electron chi connectivity index (χ3n) is 4.64. The summed E-state index contributed by atoms with van der Waals surface area (Å²) in [6.45, 7) is 6.00. The minimum atomic E-state index is -0.478. The molecular weight excluding hydrogens is 402 g/mol. The Morgan fingerprint density at radius 2 is 1.93 bits per heavy atom. The van der Waals surface area contributed by atoms with Crippen molar-refractivity contribution in [1.82, 2.24) is 4.90 Å². The van der Waals surface area contributed by atoms with E-state index in [1.807, 2.05) is 18.4 Å². The summed E-state index contributed by atoms with van der Waals surface area (Å²) in [5.74, 6) is -0.701. The van der Waals surface area contributed by atoms with Crippen LogP contribution in [0.15, 0.2) is 29.2 Å². The molecule has 0 unspecified atom stereocenters. The highest BCUT2D eigenvalue weighted by Crippen LogP contribution is 2.37. The largest absolute Gasteiger partial charge is 0.365 e. The SMILES string of the molecule is CSc1ccc(C(=O)Nc2sc3c(c2C(N)=O)CCN(C(C)C)C3)cc1.Cl. The normalized spacial score (nSPS) is 13.8. The number of carbonyl (C=O) groups excluding carboxylic acids is 2. The van der Waals surface area contributed by atoms with Crippen molar-refractivity contribution in [3.63, 3.8) is 0 Å². The molecule has 8 heteroatoms. The zero-order valence-electron chi connectivity index (χ0n) is 15.6. The van der Waals surface area contributed by atoms with Crippen LogP contribution in [0.5, 0.6) is 0 Å². The molecule has 1 aliphatic rings. The molecule has 0 atom stereocenters. The van der Waals surface area contributed by atoms with Crippen LogP contribution in [-0.2, 0) is 13.0 Å². The standard InChI is InChI=1S/C19H23N3O2S2.ClH/c1-11(2)22-9-8-14-15(10-22)26-19(16(14)17(20)23)21-18(24)12-4-6-13(25-3)7-5-12;/h4-7,11H,8-10H2,1-3H3,(H2,20,23)(H,21,24);1H. The molecule has 1 aromatic carbocycles. The Morgan fingerprint density at radius 3 is 2.48 bits per heavy atom. The van der Waals surface area contributed by atoms with Crippen LogP contribution in [0.4, 0.5) is 5.00 Å². The molecule has 0 fully saturated rings. The molecule has 2 aromatic rings. The first-order chi connectivity index (χ1) is 12.4. The molecule has 2 amide bonds. The van der Waals surface area contributed by atoms with Gasteiger partial charge in [-0.1, -0.05) is 0 Å². The molecule has 1 aromatic heterocycles. The molecular formula is C19H24ClN3O2S2. The lowest BCUT2D eigenvalue weighted by Gasteiger charge is -2.30. The van der Waals surface area contributed by atoms with E-state index in [0.717, 1.165) is 34.8 Å². The van der Waals surface area contributed by atoms with Crippen molar-refractivity contribution in [2.75, 3.05) is 18.1 Å². The van der Waals surface area contributed by atoms with E-state index in [9.17, 15) is 9.59 Å². The first kappa shape index (κ1) is 21.8. The molecule has 3 N–H and O–H groups in total. The van der Waals surface area contributed by atoms with E-state index in [2.05, 4.69) is 24.1 Å². The number of anilines is 1. The van der Waals surface area contributed by atoms with Crippen LogP contribution in [-0.4, -0.2) is 35.6 Å². The number of rotatable bonds is 5. The molecule has 0 spiro atoms. The second kappa shape index (κ2) is 9.10. The van der Waals surface area contributed by atoms with Crippen molar-refractivity contribution in [3.8, 4) is 0 Å². The maximum absolute atomic E-state index is 12.6. The molecule has 146 valence electrons. The number of amides is 2. The first-order valence-electron chi connectivity index (χ1n) is 8.54. The summed E-state index contributed by atoms with van der Waals surface area (Å²) in [4.78, 5) is 29.2. The third-order valence-corrected chi connectivity index (χ3v) is 6.52. The van der Waals surface area contributed by atoms with Crippen molar-refractivity contribution in [1.29, 1.82) is 0 Å². The van der Waals surface area contributed by atoms with Gasteiger partial charge in [-0.25, -0.2) is 0 Å². The Kier molecular flexibility index (Phi) is 7.33. The van der Waals surface area contributed by atoms with Gasteiger partial charge in [-0.2, -0.15) is 0 Å². The number of halogens is 1. The minimum Gasteiger partial charge on any atom is -0.365 e. The molecule has 27 heavy (non-hydrogen) atoms. The van der Waals surface area contributed by atoms with Crippen molar-refractivity contribution >= 4 is 52.3 Å². The van der Waals surface area contributed by atoms with E-state index in [-0.39, 0.29) is 18.3 Å². The number of thioether (sulfide) groups is 1. The molecule has 3 rings (SSSR count). The van der Waals surface area contributed by atoms with Crippen LogP contribution in [0.2, 0.25) is 0 Å². The van der Waals surface area contributed by atoms with Gasteiger partial charge in [-0.05, 0) is 56.4 Å². The quantitative estimate of drug-likeness (QED) is 0.709. The summed E-state index contributed by atoms with van der Waals surface area (Å²) in [6.07, 6.45) is 2.77. The van der Waals surface area contributed by atoms with Crippen LogP contribution in [0.1, 0.15) is 45.0 Å². The molecule has 1 aliphatic heterocycles. The van der Waals surface area contributed by atoms with Gasteiger partial charge in [0.05, 0.1) is 5.56 Å². The Bertz CT molecular complexity index is 834. The summed E-state index contributed by atoms with van der Waals surface area (Å²) < 4.78 is 0. The summed E-state index contributed by atoms with van der Waals surface area (Å²) in [7, 11) is 0. The van der Waals surface area contributed by atoms with Crippen molar-refractivity contribution in [3.05, 3.63) is 45.8 Å². The number of thiophene rings is 1. The van der Waals surface area contributed by atoms with E-state index in [1.165, 1.54) is 11.3 Å². The lowest BCUT2D eigenvalue weighted by Crippen LogP contribution is -2.35. The van der Waals surface area contributed by atoms with Gasteiger partial charge in [0.25, 0.3) is 11.8 Å². The fraction of sp³-hybridized carbons (Fsp3) is 0.368. The average molecular weight is 426 g/mol. The second-order valence-electron chi connectivity index (χ2n) is 6.57. The summed E-state index contributed by atoms with van der Waals surface area (Å²) >= 11 is 3.09. The molecule has 2 heterocycles. The van der Waals surface area contributed by atoms with Crippen LogP contribution in [0, 0.1) is 0 Å². The van der Waals surface area contributed by atoms with Crippen molar-refractivity contribution < 1.29 is 9.59 Å². The number of nitrogens with two attached hydrogens (primary N) is 1. The highest BCUT2D eigenvalue weighted by Gasteiger charge is 2.28. The lowest BCUT2D eigenvalue weighted by atomic mass is 10.0. The second-order valence-corrected chi connectivity index (χ2v) is 8.55. The van der Waals surface area contributed by atoms with Crippen LogP contribution < -0.4 is 11.1 Å². The van der Waals surface area contributed by atoms with Crippen LogP contribution in [0.25, 0.3) is 0 Å². The van der Waals surface area contributed by atoms with Gasteiger partial charge in [0.1, 0.15) is 5.00 Å². The van der Waals surface area contributed by atoms with Crippen LogP contribution in [0.3, 0.4) is 0 Å². The number of nitrogens with one attached hydrogen (secondary N) is 1. The number of carbonyl (C=O) groups is 2. The van der Waals surface area contributed by atoms with E-state index in [0.29, 0.717) is 22.2 Å². The van der Waals surface area contributed by atoms with Gasteiger partial charge in [-0.3, -0.25) is 14.5 Å². The van der Waals surface area contributed by atoms with E-state index in [4.69, 9.17) is 5.73 Å². The summed E-state index contributed by atoms with van der Waals surface area (Å²) in [6, 6.07) is 7.84. The number of benzene rings is 1. The lowest BCUT2D eigenvalue weighted by molar-refractivity contribution is 0.0999. The number of primary amides is 1. The first-order valence-corrected chi connectivity index (χ1v) is 10.6. The maximum atomic E-state index is 12.6. The van der Waals surface area contributed by atoms with Gasteiger partial charge in [0.2, 0.25) is 0 Å². The Balaban J connectivity index is 0.00000261. The third kappa shape index (κ3) is 4.66. The highest BCUT2D eigenvalue weighted by molar-refractivity contribution is 7.98. The summed E-state index contributed by atoms with van der Waals surface area (Å²) in [5, 5.41) is 3.46. The zero-order valence-corrected chi connectivity index (χ0v) is 18.0. The smallest absolute Gasteiger partial charge is 0.256 e. The Hall–Kier alpha value is -1.54. The zero-order chi connectivity index (χ0) is 18.8. The molecule has 0 bridgehead atoms.